The van der Waals surface area contributed by atoms with Gasteiger partial charge in [-0.05, 0) is 20.8 Å². The maximum absolute atomic E-state index is 14.3. The molecule has 2 rings (SSSR count). The van der Waals surface area contributed by atoms with Gasteiger partial charge in [-0.2, -0.15) is 18.3 Å². The minimum Gasteiger partial charge on any atom is -0.443 e. The fraction of sp³-hybridized carbons (Fsp3) is 0.722. The second-order valence-electron chi connectivity index (χ2n) is 9.19. The van der Waals surface area contributed by atoms with Crippen molar-refractivity contribution in [3.05, 3.63) is 12.4 Å². The van der Waals surface area contributed by atoms with Crippen LogP contribution in [0, 0.1) is 0 Å². The molecule has 8 nitrogen and oxygen atoms in total. The summed E-state index contributed by atoms with van der Waals surface area (Å²) in [6, 6.07) is -0.474. The predicted octanol–water partition coefficient (Wildman–Crippen LogP) is 3.80. The molecule has 0 aromatic carbocycles. The molecule has 1 amide bonds. The summed E-state index contributed by atoms with van der Waals surface area (Å²) < 4.78 is 72.1. The minimum atomic E-state index is -4.77. The summed E-state index contributed by atoms with van der Waals surface area (Å²) in [5, 5.41) is 2.05. The van der Waals surface area contributed by atoms with Crippen molar-refractivity contribution < 1.29 is 40.8 Å². The molecule has 190 valence electrons. The average Bonchev–Trinajstić information content (AvgIpc) is 2.96. The van der Waals surface area contributed by atoms with E-state index in [1.807, 2.05) is 0 Å². The Balaban J connectivity index is 0.000000675. The first-order valence-electron chi connectivity index (χ1n) is 9.64. The highest BCUT2D eigenvalue weighted by Gasteiger charge is 2.48. The highest BCUT2D eigenvalue weighted by atomic mass is 32.2. The molecule has 1 fully saturated rings. The summed E-state index contributed by atoms with van der Waals surface area (Å²) in [7, 11) is 5.32. The molecule has 0 saturated carbocycles. The third-order valence-corrected chi connectivity index (χ3v) is 5.26. The number of anilines is 1. The molecule has 1 atom stereocenters. The van der Waals surface area contributed by atoms with Gasteiger partial charge in [0.05, 0.1) is 44.2 Å². The number of alkyl halides is 5. The van der Waals surface area contributed by atoms with Gasteiger partial charge in [-0.3, -0.25) is 13.8 Å². The third-order valence-electron chi connectivity index (χ3n) is 4.04. The Labute approximate surface area is 199 Å². The largest absolute Gasteiger partial charge is 0.460 e. The van der Waals surface area contributed by atoms with E-state index in [9.17, 15) is 31.5 Å². The van der Waals surface area contributed by atoms with Crippen molar-refractivity contribution in [2.45, 2.75) is 50.9 Å². The van der Waals surface area contributed by atoms with Crippen LogP contribution >= 0.6 is 24.8 Å². The molecule has 1 aliphatic rings. The van der Waals surface area contributed by atoms with Crippen LogP contribution in [0.3, 0.4) is 0 Å². The maximum atomic E-state index is 14.3. The normalized spacial score (nSPS) is 19.7. The van der Waals surface area contributed by atoms with Crippen molar-refractivity contribution in [3.8, 4) is 0 Å². The van der Waals surface area contributed by atoms with Gasteiger partial charge in [-0.25, -0.2) is 18.3 Å². The molecule has 15 heteroatoms. The van der Waals surface area contributed by atoms with E-state index in [1.165, 1.54) is 0 Å². The van der Waals surface area contributed by atoms with E-state index in [4.69, 9.17) is 4.74 Å². The molecule has 0 radical (unpaired) electrons. The number of hydrogen-bond acceptors (Lipinski definition) is 6. The van der Waals surface area contributed by atoms with Crippen LogP contribution in [-0.4, -0.2) is 76.4 Å². The number of ether oxygens (including phenoxy) is 1. The monoisotopic (exact) mass is 522 g/mol. The molecule has 1 unspecified atom stereocenters. The van der Waals surface area contributed by atoms with E-state index in [0.29, 0.717) is 12.2 Å². The Morgan fingerprint density at radius 3 is 2.27 bits per heavy atom. The molecule has 0 bridgehead atoms. The quantitative estimate of drug-likeness (QED) is 0.271. The highest BCUT2D eigenvalue weighted by molar-refractivity contribution is 7.99. The molecular weight excluding hydrogens is 493 g/mol. The van der Waals surface area contributed by atoms with Crippen molar-refractivity contribution in [2.24, 2.45) is 7.05 Å². The fourth-order valence-electron chi connectivity index (χ4n) is 3.14. The Hall–Kier alpha value is -1.74. The molecule has 1 N–H and O–H groups in total. The van der Waals surface area contributed by atoms with Gasteiger partial charge in [-0.1, -0.05) is 12.6 Å². The molecule has 0 spiro atoms. The van der Waals surface area contributed by atoms with E-state index in [0.717, 1.165) is 12.1 Å². The Morgan fingerprint density at radius 2 is 1.88 bits per heavy atom. The SMILES string of the molecule is Cn1cc(N(SNC(=O)OC(C)(C)C)C2CC(F)(F)C[N+](C)(C)C2)cn1.O=C(S)C(F)(F)F. The van der Waals surface area contributed by atoms with Gasteiger partial charge >= 0.3 is 12.3 Å². The van der Waals surface area contributed by atoms with E-state index in [1.54, 1.807) is 63.3 Å². The molecule has 1 saturated heterocycles. The van der Waals surface area contributed by atoms with Crippen LogP contribution in [-0.2, 0) is 16.6 Å². The van der Waals surface area contributed by atoms with Crippen LogP contribution < -0.4 is 9.03 Å². The number of likely N-dealkylation sites (tertiary alicyclic amines) is 1. The fourth-order valence-corrected chi connectivity index (χ4v) is 3.84. The Morgan fingerprint density at radius 1 is 1.33 bits per heavy atom. The van der Waals surface area contributed by atoms with Crippen molar-refractivity contribution in [1.29, 1.82) is 0 Å². The molecule has 33 heavy (non-hydrogen) atoms. The van der Waals surface area contributed by atoms with Crippen molar-refractivity contribution in [3.63, 3.8) is 0 Å². The highest BCUT2D eigenvalue weighted by Crippen LogP contribution is 2.36. The number of hydrogen-bond donors (Lipinski definition) is 2. The summed E-state index contributed by atoms with van der Waals surface area (Å²) in [5.41, 5.74) is 0.0109. The van der Waals surface area contributed by atoms with E-state index >= 15 is 0 Å². The molecule has 1 aliphatic heterocycles. The lowest BCUT2D eigenvalue weighted by Crippen LogP contribution is -2.61. The topological polar surface area (TPSA) is 76.5 Å². The van der Waals surface area contributed by atoms with Crippen LogP contribution in [0.1, 0.15) is 27.2 Å². The number of likely N-dealkylation sites (N-methyl/N-ethyl adjacent to an activating group) is 1. The molecule has 1 aromatic rings. The molecular formula is C18H29F5N5O3S2+. The number of nitrogens with zero attached hydrogens (tertiary/aromatic N) is 4. The number of thiol groups is 1. The summed E-state index contributed by atoms with van der Waals surface area (Å²) in [6.45, 7) is 5.61. The lowest BCUT2D eigenvalue weighted by Gasteiger charge is -2.44. The van der Waals surface area contributed by atoms with E-state index in [-0.39, 0.29) is 17.4 Å². The standard InChI is InChI=1S/C16H27F2N5O2S.C2HF3OS/c1-15(2,3)25-14(24)20-26-22(13-8-19-21(4)9-13)12-7-16(17,18)11-23(5,6)10-12;3-2(4,5)1(6)7/h8-9,12H,7,10-11H2,1-6H3;(H,6,7)/p+1. The van der Waals surface area contributed by atoms with Gasteiger partial charge in [-0.15, -0.1) is 0 Å². The zero-order chi connectivity index (χ0) is 25.8. The van der Waals surface area contributed by atoms with Crippen molar-refractivity contribution in [2.75, 3.05) is 31.5 Å². The van der Waals surface area contributed by atoms with Crippen LogP contribution in [0.25, 0.3) is 0 Å². The van der Waals surface area contributed by atoms with E-state index in [2.05, 4.69) is 22.4 Å². The summed E-state index contributed by atoms with van der Waals surface area (Å²) in [4.78, 5) is 21.2. The maximum Gasteiger partial charge on any atom is 0.460 e. The first-order chi connectivity index (χ1) is 14.7. The van der Waals surface area contributed by atoms with Crippen LogP contribution in [0.15, 0.2) is 12.4 Å². The number of amides is 1. The van der Waals surface area contributed by atoms with Crippen LogP contribution in [0.2, 0.25) is 0 Å². The number of nitrogens with one attached hydrogen (secondary N) is 1. The van der Waals surface area contributed by atoms with Gasteiger partial charge in [0.1, 0.15) is 18.7 Å². The zero-order valence-corrected chi connectivity index (χ0v) is 20.8. The summed E-state index contributed by atoms with van der Waals surface area (Å²) in [6.07, 6.45) is -2.35. The first-order valence-corrected chi connectivity index (χ1v) is 10.9. The van der Waals surface area contributed by atoms with Gasteiger partial charge in [0, 0.05) is 19.7 Å². The second-order valence-corrected chi connectivity index (χ2v) is 10.4. The number of carbonyl (C=O) groups is 2. The van der Waals surface area contributed by atoms with E-state index < -0.39 is 35.0 Å². The number of halogens is 5. The predicted molar refractivity (Wildman–Crippen MR) is 118 cm³/mol. The zero-order valence-electron chi connectivity index (χ0n) is 19.1. The van der Waals surface area contributed by atoms with Crippen molar-refractivity contribution >= 4 is 41.7 Å². The molecule has 2 heterocycles. The van der Waals surface area contributed by atoms with Crippen molar-refractivity contribution in [1.82, 2.24) is 14.5 Å². The number of carbonyl (C=O) groups excluding carboxylic acids is 2. The smallest absolute Gasteiger partial charge is 0.443 e. The van der Waals surface area contributed by atoms with Gasteiger partial charge in [0.15, 0.2) is 0 Å². The van der Waals surface area contributed by atoms with Gasteiger partial charge < -0.3 is 9.22 Å². The first kappa shape index (κ1) is 29.3. The number of piperidine rings is 1. The number of aryl methyl sites for hydroxylation is 1. The van der Waals surface area contributed by atoms with Gasteiger partial charge in [0.2, 0.25) is 0 Å². The Kier molecular flexibility index (Phi) is 9.48. The Bertz CT molecular complexity index is 811. The third kappa shape index (κ3) is 10.8. The molecule has 1 aromatic heterocycles. The van der Waals surface area contributed by atoms with Crippen LogP contribution in [0.5, 0.6) is 0 Å². The molecule has 0 aliphatic carbocycles. The van der Waals surface area contributed by atoms with Crippen LogP contribution in [0.4, 0.5) is 32.4 Å². The summed E-state index contributed by atoms with van der Waals surface area (Å²) in [5.74, 6) is -2.78. The second kappa shape index (κ2) is 10.7. The summed E-state index contributed by atoms with van der Waals surface area (Å²) >= 11 is 3.47. The lowest BCUT2D eigenvalue weighted by atomic mass is 10.0. The number of rotatable bonds is 4. The lowest BCUT2D eigenvalue weighted by molar-refractivity contribution is -0.904. The minimum absolute atomic E-state index is 0.196. The number of quaternary nitrogens is 1. The average molecular weight is 523 g/mol. The van der Waals surface area contributed by atoms with Gasteiger partial charge in [0.25, 0.3) is 11.0 Å². The number of aromatic nitrogens is 2.